The first kappa shape index (κ1) is 26.1. The van der Waals surface area contributed by atoms with E-state index in [1.165, 1.54) is 93.2 Å². The zero-order valence-corrected chi connectivity index (χ0v) is 25.7. The maximum absolute atomic E-state index is 2.38. The maximum atomic E-state index is 2.38. The first-order valence-electron chi connectivity index (χ1n) is 16.3. The topological polar surface area (TPSA) is 4.93 Å². The van der Waals surface area contributed by atoms with E-state index in [1.807, 2.05) is 0 Å². The second kappa shape index (κ2) is 10.2. The second-order valence-electron chi connectivity index (χ2n) is 12.5. The lowest BCUT2D eigenvalue weighted by molar-refractivity contribution is 1.18. The van der Waals surface area contributed by atoms with E-state index in [9.17, 15) is 0 Å². The molecule has 0 aliphatic rings. The Kier molecular flexibility index (Phi) is 5.64. The standard InChI is InChI=1S/C46H29N/c1-2-9-30(10-3-1)34-11-8-12-35(29-34)38-26-20-33-21-27-41-37(25-19-32-22-28-42(38)46(33)45(32)41)31-17-23-36(24-18-31)47-43-15-6-4-13-39(43)40-14-5-7-16-44(40)47/h1-29H. The highest BCUT2D eigenvalue weighted by Gasteiger charge is 2.16. The molecule has 0 saturated carbocycles. The highest BCUT2D eigenvalue weighted by atomic mass is 15.0. The van der Waals surface area contributed by atoms with Gasteiger partial charge in [0.15, 0.2) is 0 Å². The van der Waals surface area contributed by atoms with Gasteiger partial charge in [-0.05, 0) is 96.0 Å². The van der Waals surface area contributed by atoms with Crippen molar-refractivity contribution >= 4 is 54.1 Å². The molecule has 10 aromatic rings. The Bertz CT molecular complexity index is 2710. The molecule has 1 heteroatoms. The van der Waals surface area contributed by atoms with Crippen LogP contribution in [0.15, 0.2) is 176 Å². The normalized spacial score (nSPS) is 11.8. The fourth-order valence-electron chi connectivity index (χ4n) is 7.79. The summed E-state index contributed by atoms with van der Waals surface area (Å²) >= 11 is 0. The molecule has 9 aromatic carbocycles. The van der Waals surface area contributed by atoms with E-state index >= 15 is 0 Å². The average Bonchev–Trinajstić information content (AvgIpc) is 3.48. The van der Waals surface area contributed by atoms with Crippen molar-refractivity contribution in [2.24, 2.45) is 0 Å². The summed E-state index contributed by atoms with van der Waals surface area (Å²) in [7, 11) is 0. The Morgan fingerprint density at radius 1 is 0.298 bits per heavy atom. The molecular weight excluding hydrogens is 567 g/mol. The summed E-state index contributed by atoms with van der Waals surface area (Å²) in [5, 5.41) is 10.4. The minimum absolute atomic E-state index is 1.17. The molecule has 218 valence electrons. The van der Waals surface area contributed by atoms with Gasteiger partial charge in [-0.2, -0.15) is 0 Å². The molecule has 0 N–H and O–H groups in total. The fourth-order valence-corrected chi connectivity index (χ4v) is 7.79. The Morgan fingerprint density at radius 3 is 1.45 bits per heavy atom. The van der Waals surface area contributed by atoms with Gasteiger partial charge in [0, 0.05) is 16.5 Å². The number of benzene rings is 9. The Labute approximate surface area is 272 Å². The molecule has 0 spiro atoms. The second-order valence-corrected chi connectivity index (χ2v) is 12.5. The van der Waals surface area contributed by atoms with E-state index < -0.39 is 0 Å². The van der Waals surface area contributed by atoms with Crippen LogP contribution < -0.4 is 0 Å². The third-order valence-electron chi connectivity index (χ3n) is 9.96. The molecule has 47 heavy (non-hydrogen) atoms. The highest BCUT2D eigenvalue weighted by Crippen LogP contribution is 2.43. The first-order chi connectivity index (χ1) is 23.3. The van der Waals surface area contributed by atoms with Crippen LogP contribution in [0.1, 0.15) is 0 Å². The Hall–Kier alpha value is -6.18. The molecule has 1 nitrogen and oxygen atoms in total. The molecule has 0 bridgehead atoms. The third-order valence-corrected chi connectivity index (χ3v) is 9.96. The number of hydrogen-bond donors (Lipinski definition) is 0. The molecule has 0 radical (unpaired) electrons. The summed E-state index contributed by atoms with van der Waals surface area (Å²) in [6, 6.07) is 64.5. The van der Waals surface area contributed by atoms with Gasteiger partial charge in [-0.25, -0.2) is 0 Å². The summed E-state index contributed by atoms with van der Waals surface area (Å²) in [6.07, 6.45) is 0. The van der Waals surface area contributed by atoms with E-state index in [1.54, 1.807) is 0 Å². The quantitative estimate of drug-likeness (QED) is 0.178. The number of fused-ring (bicyclic) bond motifs is 3. The van der Waals surface area contributed by atoms with Crippen LogP contribution in [0, 0.1) is 0 Å². The largest absolute Gasteiger partial charge is 0.309 e. The van der Waals surface area contributed by atoms with Crippen LogP contribution in [-0.2, 0) is 0 Å². The molecular formula is C46H29N. The molecule has 10 rings (SSSR count). The van der Waals surface area contributed by atoms with Crippen LogP contribution in [0.5, 0.6) is 0 Å². The molecule has 0 aliphatic heterocycles. The van der Waals surface area contributed by atoms with E-state index in [4.69, 9.17) is 0 Å². The molecule has 1 aromatic heterocycles. The Morgan fingerprint density at radius 2 is 0.809 bits per heavy atom. The van der Waals surface area contributed by atoms with Gasteiger partial charge in [0.05, 0.1) is 11.0 Å². The van der Waals surface area contributed by atoms with E-state index in [0.29, 0.717) is 0 Å². The van der Waals surface area contributed by atoms with E-state index in [0.717, 1.165) is 0 Å². The molecule has 0 fully saturated rings. The maximum Gasteiger partial charge on any atom is 0.0541 e. The zero-order chi connectivity index (χ0) is 30.9. The smallest absolute Gasteiger partial charge is 0.0541 e. The predicted molar refractivity (Wildman–Crippen MR) is 201 cm³/mol. The number of hydrogen-bond acceptors (Lipinski definition) is 0. The van der Waals surface area contributed by atoms with Crippen LogP contribution in [0.3, 0.4) is 0 Å². The van der Waals surface area contributed by atoms with Gasteiger partial charge in [-0.15, -0.1) is 0 Å². The van der Waals surface area contributed by atoms with Crippen LogP contribution in [0.2, 0.25) is 0 Å². The van der Waals surface area contributed by atoms with E-state index in [-0.39, 0.29) is 0 Å². The highest BCUT2D eigenvalue weighted by molar-refractivity contribution is 6.27. The van der Waals surface area contributed by atoms with Gasteiger partial charge in [0.1, 0.15) is 0 Å². The van der Waals surface area contributed by atoms with E-state index in [2.05, 4.69) is 180 Å². The van der Waals surface area contributed by atoms with Crippen molar-refractivity contribution in [3.63, 3.8) is 0 Å². The lowest BCUT2D eigenvalue weighted by atomic mass is 9.87. The summed E-state index contributed by atoms with van der Waals surface area (Å²) in [5.74, 6) is 0. The van der Waals surface area contributed by atoms with Crippen LogP contribution in [0.4, 0.5) is 0 Å². The van der Waals surface area contributed by atoms with Crippen molar-refractivity contribution in [3.8, 4) is 39.1 Å². The molecule has 0 atom stereocenters. The van der Waals surface area contributed by atoms with Gasteiger partial charge in [0.2, 0.25) is 0 Å². The third kappa shape index (κ3) is 3.97. The molecule has 0 unspecified atom stereocenters. The van der Waals surface area contributed by atoms with Gasteiger partial charge in [-0.1, -0.05) is 146 Å². The van der Waals surface area contributed by atoms with Crippen molar-refractivity contribution in [2.45, 2.75) is 0 Å². The summed E-state index contributed by atoms with van der Waals surface area (Å²) in [4.78, 5) is 0. The minimum atomic E-state index is 1.17. The zero-order valence-electron chi connectivity index (χ0n) is 25.7. The number of para-hydroxylation sites is 2. The van der Waals surface area contributed by atoms with Crippen LogP contribution in [-0.4, -0.2) is 4.57 Å². The monoisotopic (exact) mass is 595 g/mol. The number of aromatic nitrogens is 1. The van der Waals surface area contributed by atoms with Crippen molar-refractivity contribution in [1.29, 1.82) is 0 Å². The van der Waals surface area contributed by atoms with Crippen molar-refractivity contribution in [2.75, 3.05) is 0 Å². The minimum Gasteiger partial charge on any atom is -0.309 e. The summed E-state index contributed by atoms with van der Waals surface area (Å²) in [6.45, 7) is 0. The SMILES string of the molecule is c1ccc(-c2cccc(-c3ccc4ccc5c(-c6ccc(-n7c8ccccc8c8ccccc87)cc6)ccc6ccc3c4c65)c2)cc1. The molecule has 0 aliphatic carbocycles. The van der Waals surface area contributed by atoms with Crippen molar-refractivity contribution < 1.29 is 0 Å². The molecule has 1 heterocycles. The molecule has 0 amide bonds. The number of rotatable bonds is 4. The molecule has 0 saturated heterocycles. The van der Waals surface area contributed by atoms with Gasteiger partial charge in [0.25, 0.3) is 0 Å². The predicted octanol–water partition coefficient (Wildman–Crippen LogP) is 12.7. The van der Waals surface area contributed by atoms with Crippen molar-refractivity contribution in [1.82, 2.24) is 4.57 Å². The lowest BCUT2D eigenvalue weighted by Gasteiger charge is -2.17. The average molecular weight is 596 g/mol. The Balaban J connectivity index is 1.13. The van der Waals surface area contributed by atoms with Gasteiger partial charge in [-0.3, -0.25) is 0 Å². The van der Waals surface area contributed by atoms with Crippen molar-refractivity contribution in [3.05, 3.63) is 176 Å². The summed E-state index contributed by atoms with van der Waals surface area (Å²) in [5.41, 5.74) is 11.1. The number of nitrogens with zero attached hydrogens (tertiary/aromatic N) is 1. The van der Waals surface area contributed by atoms with Crippen LogP contribution in [0.25, 0.3) is 93.2 Å². The first-order valence-corrected chi connectivity index (χ1v) is 16.3. The van der Waals surface area contributed by atoms with Gasteiger partial charge < -0.3 is 4.57 Å². The fraction of sp³-hybridized carbons (Fsp3) is 0. The summed E-state index contributed by atoms with van der Waals surface area (Å²) < 4.78 is 2.38. The van der Waals surface area contributed by atoms with Gasteiger partial charge >= 0.3 is 0 Å². The van der Waals surface area contributed by atoms with Crippen LogP contribution >= 0.6 is 0 Å². The lowest BCUT2D eigenvalue weighted by Crippen LogP contribution is -1.94.